The lowest BCUT2D eigenvalue weighted by molar-refractivity contribution is -0.119. The number of amides is 1. The molecule has 1 saturated heterocycles. The zero-order chi connectivity index (χ0) is 9.26. The summed E-state index contributed by atoms with van der Waals surface area (Å²) in [5, 5.41) is 2.36. The van der Waals surface area contributed by atoms with Crippen LogP contribution in [0.2, 0.25) is 0 Å². The topological polar surface area (TPSA) is 51.2 Å². The van der Waals surface area contributed by atoms with Crippen LogP contribution in [-0.2, 0) is 9.53 Å². The average molecular weight is 181 g/mol. The highest BCUT2D eigenvalue weighted by Gasteiger charge is 2.28. The van der Waals surface area contributed by atoms with E-state index < -0.39 is 5.82 Å². The van der Waals surface area contributed by atoms with Gasteiger partial charge in [-0.1, -0.05) is 0 Å². The molecule has 13 heavy (non-hydrogen) atoms. The van der Waals surface area contributed by atoms with E-state index in [2.05, 4.69) is 10.3 Å². The van der Waals surface area contributed by atoms with E-state index in [9.17, 15) is 9.18 Å². The van der Waals surface area contributed by atoms with E-state index in [0.717, 1.165) is 0 Å². The lowest BCUT2D eigenvalue weighted by Gasteiger charge is -2.06. The number of aromatic nitrogens is 1. The zero-order valence-electron chi connectivity index (χ0n) is 6.58. The normalized spacial score (nSPS) is 17.5. The maximum Gasteiger partial charge on any atom is 0.248 e. The highest BCUT2D eigenvalue weighted by atomic mass is 19.1. The molecule has 4 nitrogen and oxygen atoms in total. The van der Waals surface area contributed by atoms with Gasteiger partial charge in [0, 0.05) is 6.20 Å². The summed E-state index contributed by atoms with van der Waals surface area (Å²) < 4.78 is 17.9. The van der Waals surface area contributed by atoms with Crippen LogP contribution in [0.25, 0.3) is 0 Å². The minimum absolute atomic E-state index is 0.0355. The Morgan fingerprint density at radius 2 is 2.46 bits per heavy atom. The van der Waals surface area contributed by atoms with E-state index in [1.165, 1.54) is 18.3 Å². The van der Waals surface area contributed by atoms with Gasteiger partial charge in [0.25, 0.3) is 0 Å². The molecular weight excluding hydrogens is 175 g/mol. The van der Waals surface area contributed by atoms with Crippen molar-refractivity contribution >= 4 is 5.91 Å². The Balaban J connectivity index is 2.26. The van der Waals surface area contributed by atoms with Crippen molar-refractivity contribution in [3.8, 4) is 0 Å². The van der Waals surface area contributed by atoms with Gasteiger partial charge in [0.1, 0.15) is 18.1 Å². The van der Waals surface area contributed by atoms with Gasteiger partial charge in [-0.2, -0.15) is 0 Å². The van der Waals surface area contributed by atoms with E-state index in [-0.39, 0.29) is 24.4 Å². The predicted octanol–water partition coefficient (Wildman–Crippen LogP) is 0.205. The Morgan fingerprint density at radius 3 is 3.08 bits per heavy atom. The number of nitrogens with one attached hydrogen (secondary N) is 1. The van der Waals surface area contributed by atoms with Crippen molar-refractivity contribution in [2.75, 3.05) is 6.61 Å². The molecule has 0 spiro atoms. The van der Waals surface area contributed by atoms with E-state index in [4.69, 9.17) is 4.74 Å². The van der Waals surface area contributed by atoms with Crippen LogP contribution in [0.4, 0.5) is 4.39 Å². The summed E-state index contributed by atoms with van der Waals surface area (Å²) in [4.78, 5) is 14.5. The van der Waals surface area contributed by atoms with Crippen LogP contribution in [0.3, 0.4) is 0 Å². The summed E-state index contributed by atoms with van der Waals surface area (Å²) in [7, 11) is 0. The van der Waals surface area contributed by atoms with E-state index in [1.54, 1.807) is 0 Å². The van der Waals surface area contributed by atoms with Crippen molar-refractivity contribution in [3.63, 3.8) is 0 Å². The molecule has 5 heteroatoms. The Bertz CT molecular complexity index is 343. The summed E-state index contributed by atoms with van der Waals surface area (Å²) in [6.45, 7) is -0.0780. The van der Waals surface area contributed by atoms with Gasteiger partial charge in [-0.25, -0.2) is 4.39 Å². The summed E-state index contributed by atoms with van der Waals surface area (Å²) in [5.41, 5.74) is 0.0355. The van der Waals surface area contributed by atoms with Crippen molar-refractivity contribution in [1.29, 1.82) is 0 Å². The molecule has 1 amide bonds. The quantitative estimate of drug-likeness (QED) is 0.673. The Hall–Kier alpha value is -1.49. The molecule has 0 saturated carbocycles. The second-order valence-corrected chi connectivity index (χ2v) is 2.50. The lowest BCUT2D eigenvalue weighted by Crippen LogP contribution is -2.21. The molecule has 0 unspecified atom stereocenters. The molecule has 2 heterocycles. The van der Waals surface area contributed by atoms with Gasteiger partial charge in [-0.3, -0.25) is 9.78 Å². The van der Waals surface area contributed by atoms with Crippen molar-refractivity contribution in [2.24, 2.45) is 0 Å². The van der Waals surface area contributed by atoms with Crippen LogP contribution in [-0.4, -0.2) is 17.5 Å². The summed E-state index contributed by atoms with van der Waals surface area (Å²) in [6.07, 6.45) is 1.52. The van der Waals surface area contributed by atoms with Gasteiger partial charge in [-0.15, -0.1) is 0 Å². The fraction of sp³-hybridized carbons (Fsp3) is 0.125. The molecule has 0 aliphatic carbocycles. The minimum Gasteiger partial charge on any atom is -0.336 e. The van der Waals surface area contributed by atoms with E-state index in [0.29, 0.717) is 0 Å². The van der Waals surface area contributed by atoms with E-state index >= 15 is 0 Å². The van der Waals surface area contributed by atoms with E-state index in [1.807, 2.05) is 0 Å². The number of ether oxygens (including phenoxy) is 1. The standard InChI is InChI=1S/C8H6FN2O2/c9-5-2-1-3-10-7(5)8-11-6(12)4-13-8/h1-3H,4H2,(H,11,12). The van der Waals surface area contributed by atoms with Crippen molar-refractivity contribution in [2.45, 2.75) is 0 Å². The maximum absolute atomic E-state index is 13.1. The number of carbonyl (C=O) groups excluding carboxylic acids is 1. The van der Waals surface area contributed by atoms with Gasteiger partial charge in [-0.05, 0) is 12.1 Å². The molecule has 1 fully saturated rings. The van der Waals surface area contributed by atoms with Crippen LogP contribution in [0, 0.1) is 12.0 Å². The number of carbonyl (C=O) groups is 1. The average Bonchev–Trinajstić information content (AvgIpc) is 2.53. The maximum atomic E-state index is 13.1. The summed E-state index contributed by atoms with van der Waals surface area (Å²) >= 11 is 0. The molecule has 0 bridgehead atoms. The van der Waals surface area contributed by atoms with Crippen LogP contribution < -0.4 is 5.32 Å². The van der Waals surface area contributed by atoms with Gasteiger partial charge in [0.05, 0.1) is 0 Å². The number of hydrogen-bond acceptors (Lipinski definition) is 3. The monoisotopic (exact) mass is 181 g/mol. The number of hydrogen-bond donors (Lipinski definition) is 1. The molecule has 1 radical (unpaired) electrons. The zero-order valence-corrected chi connectivity index (χ0v) is 6.58. The third-order valence-corrected chi connectivity index (χ3v) is 1.57. The molecular formula is C8H6FN2O2. The van der Waals surface area contributed by atoms with Crippen LogP contribution in [0.15, 0.2) is 18.3 Å². The predicted molar refractivity (Wildman–Crippen MR) is 40.6 cm³/mol. The summed E-state index contributed by atoms with van der Waals surface area (Å²) in [6, 6.07) is 2.72. The molecule has 1 aliphatic rings. The van der Waals surface area contributed by atoms with Crippen LogP contribution >= 0.6 is 0 Å². The molecule has 1 aromatic heterocycles. The second kappa shape index (κ2) is 3.10. The van der Waals surface area contributed by atoms with Gasteiger partial charge in [0.2, 0.25) is 12.1 Å². The molecule has 1 aliphatic heterocycles. The fourth-order valence-corrected chi connectivity index (χ4v) is 1.02. The number of halogens is 1. The molecule has 67 valence electrons. The highest BCUT2D eigenvalue weighted by molar-refractivity contribution is 5.81. The summed E-state index contributed by atoms with van der Waals surface area (Å²) in [5.74, 6) is -0.806. The fourth-order valence-electron chi connectivity index (χ4n) is 1.02. The highest BCUT2D eigenvalue weighted by Crippen LogP contribution is 2.17. The number of nitrogens with zero attached hydrogens (tertiary/aromatic N) is 1. The second-order valence-electron chi connectivity index (χ2n) is 2.50. The lowest BCUT2D eigenvalue weighted by atomic mass is 10.3. The molecule has 1 N–H and O–H groups in total. The molecule has 0 aromatic carbocycles. The Kier molecular flexibility index (Phi) is 1.94. The minimum atomic E-state index is -0.514. The van der Waals surface area contributed by atoms with Crippen molar-refractivity contribution in [1.82, 2.24) is 10.3 Å². The van der Waals surface area contributed by atoms with Gasteiger partial charge in [0.15, 0.2) is 0 Å². The van der Waals surface area contributed by atoms with Gasteiger partial charge >= 0.3 is 0 Å². The largest absolute Gasteiger partial charge is 0.336 e. The number of rotatable bonds is 1. The first-order valence-electron chi connectivity index (χ1n) is 3.68. The molecule has 2 rings (SSSR count). The molecule has 0 atom stereocenters. The molecule has 1 aromatic rings. The first-order chi connectivity index (χ1) is 6.27. The smallest absolute Gasteiger partial charge is 0.248 e. The Labute approximate surface area is 73.7 Å². The Morgan fingerprint density at radius 1 is 1.62 bits per heavy atom. The third-order valence-electron chi connectivity index (χ3n) is 1.57. The number of pyridine rings is 1. The third kappa shape index (κ3) is 1.50. The SMILES string of the molecule is O=C1CO[C](c2ncccc2F)N1. The van der Waals surface area contributed by atoms with Crippen molar-refractivity contribution < 1.29 is 13.9 Å². The first kappa shape index (κ1) is 8.12. The first-order valence-corrected chi connectivity index (χ1v) is 3.68. The van der Waals surface area contributed by atoms with Crippen LogP contribution in [0.1, 0.15) is 5.69 Å². The van der Waals surface area contributed by atoms with Gasteiger partial charge < -0.3 is 10.1 Å². The van der Waals surface area contributed by atoms with Crippen molar-refractivity contribution in [3.05, 3.63) is 36.1 Å². The van der Waals surface area contributed by atoms with Crippen LogP contribution in [0.5, 0.6) is 0 Å².